The molecule has 1 atom stereocenters. The maximum atomic E-state index is 12.5. The number of likely N-dealkylation sites (tertiary alicyclic amines) is 1. The Bertz CT molecular complexity index is 882. The van der Waals surface area contributed by atoms with Crippen molar-refractivity contribution in [3.8, 4) is 0 Å². The van der Waals surface area contributed by atoms with E-state index in [1.54, 1.807) is 17.8 Å². The molecule has 2 heterocycles. The van der Waals surface area contributed by atoms with Crippen LogP contribution in [0, 0.1) is 0 Å². The summed E-state index contributed by atoms with van der Waals surface area (Å²) in [6.07, 6.45) is 4.29. The Labute approximate surface area is 183 Å². The van der Waals surface area contributed by atoms with Crippen molar-refractivity contribution in [2.24, 2.45) is 0 Å². The predicted octanol–water partition coefficient (Wildman–Crippen LogP) is 5.11. The molecule has 4 nitrogen and oxygen atoms in total. The lowest BCUT2D eigenvalue weighted by molar-refractivity contribution is 0.0958. The normalized spacial score (nSPS) is 16.4. The second-order valence-electron chi connectivity index (χ2n) is 7.48. The lowest BCUT2D eigenvalue weighted by Crippen LogP contribution is -2.40. The highest BCUT2D eigenvalue weighted by molar-refractivity contribution is 7.99. The monoisotopic (exact) mass is 429 g/mol. The van der Waals surface area contributed by atoms with E-state index >= 15 is 0 Å². The fraction of sp³-hybridized carbons (Fsp3) is 0.348. The lowest BCUT2D eigenvalue weighted by atomic mass is 10.1. The third-order valence-electron chi connectivity index (χ3n) is 5.39. The Morgan fingerprint density at radius 2 is 1.90 bits per heavy atom. The molecule has 2 aliphatic rings. The maximum absolute atomic E-state index is 12.5. The van der Waals surface area contributed by atoms with E-state index in [4.69, 9.17) is 0 Å². The molecule has 0 unspecified atom stereocenters. The molecule has 1 amide bonds. The Morgan fingerprint density at radius 3 is 2.66 bits per heavy atom. The van der Waals surface area contributed by atoms with E-state index in [0.717, 1.165) is 12.2 Å². The Morgan fingerprint density at radius 1 is 1.17 bits per heavy atom. The summed E-state index contributed by atoms with van der Waals surface area (Å²) in [5.74, 6) is -0.0568. The van der Waals surface area contributed by atoms with E-state index in [0.29, 0.717) is 18.2 Å². The molecule has 0 radical (unpaired) electrons. The van der Waals surface area contributed by atoms with Gasteiger partial charge in [0.2, 0.25) is 0 Å². The first-order valence-electron chi connectivity index (χ1n) is 9.99. The summed E-state index contributed by atoms with van der Waals surface area (Å²) in [5, 5.41) is 2.89. The van der Waals surface area contributed by atoms with Gasteiger partial charge in [0.1, 0.15) is 0 Å². The fourth-order valence-corrected chi connectivity index (χ4v) is 5.14. The number of hydrogen-bond donors (Lipinski definition) is 1. The Hall–Kier alpha value is -1.95. The van der Waals surface area contributed by atoms with Gasteiger partial charge in [0, 0.05) is 34.5 Å². The molecule has 4 rings (SSSR count). The number of nitrogens with one attached hydrogen (secondary N) is 1. The SMILES string of the molecule is C=CCNC(=O)c1ccc2c(c1)N([C@H](C)CN1CCCC1)c1ccccc1S2.Cl. The minimum Gasteiger partial charge on any atom is -0.349 e. The zero-order valence-electron chi connectivity index (χ0n) is 16.8. The molecule has 0 spiro atoms. The predicted molar refractivity (Wildman–Crippen MR) is 124 cm³/mol. The first-order valence-corrected chi connectivity index (χ1v) is 10.8. The number of amides is 1. The van der Waals surface area contributed by atoms with Crippen molar-refractivity contribution in [2.45, 2.75) is 35.6 Å². The van der Waals surface area contributed by atoms with Crippen LogP contribution in [-0.2, 0) is 0 Å². The zero-order valence-corrected chi connectivity index (χ0v) is 18.4. The number of halogens is 1. The van der Waals surface area contributed by atoms with Gasteiger partial charge < -0.3 is 15.1 Å². The summed E-state index contributed by atoms with van der Waals surface area (Å²) in [5.41, 5.74) is 3.05. The zero-order chi connectivity index (χ0) is 19.5. The Kier molecular flexibility index (Phi) is 7.28. The summed E-state index contributed by atoms with van der Waals surface area (Å²) in [6.45, 7) is 9.85. The standard InChI is InChI=1S/C23H27N3OS.ClH/c1-3-12-24-23(27)18-10-11-22-20(15-18)26(17(2)16-25-13-6-7-14-25)19-8-4-5-9-21(19)28-22;/h3-5,8-11,15,17H,1,6-7,12-14,16H2,2H3,(H,24,27);1H/t17-;/m1./s1. The van der Waals surface area contributed by atoms with Crippen LogP contribution in [-0.4, -0.2) is 43.0 Å². The smallest absolute Gasteiger partial charge is 0.251 e. The van der Waals surface area contributed by atoms with Gasteiger partial charge in [-0.15, -0.1) is 19.0 Å². The number of anilines is 2. The maximum Gasteiger partial charge on any atom is 0.251 e. The molecule has 0 aromatic heterocycles. The van der Waals surface area contributed by atoms with E-state index in [-0.39, 0.29) is 18.3 Å². The highest BCUT2D eigenvalue weighted by Crippen LogP contribution is 2.49. The molecule has 2 aliphatic heterocycles. The van der Waals surface area contributed by atoms with E-state index in [2.05, 4.69) is 59.0 Å². The number of para-hydroxylation sites is 1. The molecule has 0 aliphatic carbocycles. The van der Waals surface area contributed by atoms with E-state index in [9.17, 15) is 4.79 Å². The van der Waals surface area contributed by atoms with Crippen molar-refractivity contribution in [1.29, 1.82) is 0 Å². The van der Waals surface area contributed by atoms with Gasteiger partial charge >= 0.3 is 0 Å². The average Bonchev–Trinajstić information content (AvgIpc) is 3.22. The van der Waals surface area contributed by atoms with Gasteiger partial charge in [0.25, 0.3) is 5.91 Å². The molecule has 2 aromatic carbocycles. The second kappa shape index (κ2) is 9.70. The summed E-state index contributed by atoms with van der Waals surface area (Å²) in [7, 11) is 0. The number of rotatable bonds is 6. The summed E-state index contributed by atoms with van der Waals surface area (Å²) in [4.78, 5) is 19.9. The number of fused-ring (bicyclic) bond motifs is 2. The van der Waals surface area contributed by atoms with Crippen molar-refractivity contribution in [3.05, 3.63) is 60.7 Å². The van der Waals surface area contributed by atoms with Gasteiger partial charge in [-0.2, -0.15) is 0 Å². The molecule has 6 heteroatoms. The number of carbonyl (C=O) groups is 1. The molecule has 1 N–H and O–H groups in total. The molecule has 1 saturated heterocycles. The molecule has 2 aromatic rings. The van der Waals surface area contributed by atoms with E-state index in [1.807, 2.05) is 12.1 Å². The van der Waals surface area contributed by atoms with E-state index in [1.165, 1.54) is 41.4 Å². The summed E-state index contributed by atoms with van der Waals surface area (Å²) in [6, 6.07) is 14.9. The third kappa shape index (κ3) is 4.63. The largest absolute Gasteiger partial charge is 0.349 e. The summed E-state index contributed by atoms with van der Waals surface area (Å²) < 4.78 is 0. The van der Waals surface area contributed by atoms with Crippen LogP contribution in [0.25, 0.3) is 0 Å². The number of carbonyl (C=O) groups excluding carboxylic acids is 1. The number of nitrogens with zero attached hydrogens (tertiary/aromatic N) is 2. The van der Waals surface area contributed by atoms with Crippen LogP contribution < -0.4 is 10.2 Å². The molecule has 1 fully saturated rings. The molecule has 0 saturated carbocycles. The van der Waals surface area contributed by atoms with Gasteiger partial charge in [-0.05, 0) is 63.2 Å². The van der Waals surface area contributed by atoms with Gasteiger partial charge in [-0.25, -0.2) is 0 Å². The topological polar surface area (TPSA) is 35.6 Å². The van der Waals surface area contributed by atoms with Crippen molar-refractivity contribution in [2.75, 3.05) is 31.1 Å². The van der Waals surface area contributed by atoms with Crippen LogP contribution in [0.5, 0.6) is 0 Å². The minimum atomic E-state index is -0.0568. The van der Waals surface area contributed by atoms with Crippen molar-refractivity contribution in [3.63, 3.8) is 0 Å². The van der Waals surface area contributed by atoms with Crippen molar-refractivity contribution in [1.82, 2.24) is 10.2 Å². The molecular formula is C23H28ClN3OS. The van der Waals surface area contributed by atoms with Gasteiger partial charge in [0.05, 0.1) is 11.4 Å². The van der Waals surface area contributed by atoms with E-state index < -0.39 is 0 Å². The van der Waals surface area contributed by atoms with Crippen LogP contribution in [0.3, 0.4) is 0 Å². The van der Waals surface area contributed by atoms with Gasteiger partial charge in [-0.3, -0.25) is 4.79 Å². The first-order chi connectivity index (χ1) is 13.7. The van der Waals surface area contributed by atoms with Gasteiger partial charge in [-0.1, -0.05) is 30.0 Å². The fourth-order valence-electron chi connectivity index (χ4n) is 4.09. The quantitative estimate of drug-likeness (QED) is 0.647. The molecule has 154 valence electrons. The number of benzene rings is 2. The molecule has 0 bridgehead atoms. The van der Waals surface area contributed by atoms with Crippen LogP contribution in [0.4, 0.5) is 11.4 Å². The lowest BCUT2D eigenvalue weighted by Gasteiger charge is -2.39. The molecular weight excluding hydrogens is 402 g/mol. The van der Waals surface area contributed by atoms with Gasteiger partial charge in [0.15, 0.2) is 0 Å². The third-order valence-corrected chi connectivity index (χ3v) is 6.52. The minimum absolute atomic E-state index is 0. The Balaban J connectivity index is 0.00000240. The highest BCUT2D eigenvalue weighted by atomic mass is 35.5. The molecule has 29 heavy (non-hydrogen) atoms. The van der Waals surface area contributed by atoms with Crippen molar-refractivity contribution < 1.29 is 4.79 Å². The van der Waals surface area contributed by atoms with Crippen LogP contribution in [0.15, 0.2) is 64.9 Å². The first kappa shape index (κ1) is 21.8. The highest BCUT2D eigenvalue weighted by Gasteiger charge is 2.29. The average molecular weight is 430 g/mol. The van der Waals surface area contributed by atoms with Crippen molar-refractivity contribution >= 4 is 41.5 Å². The van der Waals surface area contributed by atoms with Crippen LogP contribution >= 0.6 is 24.2 Å². The van der Waals surface area contributed by atoms with Crippen LogP contribution in [0.2, 0.25) is 0 Å². The second-order valence-corrected chi connectivity index (χ2v) is 8.56. The summed E-state index contributed by atoms with van der Waals surface area (Å²) >= 11 is 1.78. The van der Waals surface area contributed by atoms with Crippen LogP contribution in [0.1, 0.15) is 30.1 Å². The number of hydrogen-bond acceptors (Lipinski definition) is 4.